The number of carbonyl (C=O) groups excluding carboxylic acids is 1. The molecule has 1 aromatic carbocycles. The molecule has 0 bridgehead atoms. The Bertz CT molecular complexity index is 976. The summed E-state index contributed by atoms with van der Waals surface area (Å²) in [6.07, 6.45) is 3.96. The number of benzene rings is 1. The van der Waals surface area contributed by atoms with Crippen LogP contribution in [0.15, 0.2) is 41.6 Å². The molecule has 0 saturated heterocycles. The zero-order valence-corrected chi connectivity index (χ0v) is 14.8. The first-order chi connectivity index (χ1) is 12.6. The highest BCUT2D eigenvalue weighted by atomic mass is 16.5. The summed E-state index contributed by atoms with van der Waals surface area (Å²) < 4.78 is 8.59. The molecule has 2 aromatic heterocycles. The van der Waals surface area contributed by atoms with Crippen molar-refractivity contribution in [3.05, 3.63) is 47.1 Å². The van der Waals surface area contributed by atoms with Gasteiger partial charge in [-0.15, -0.1) is 0 Å². The van der Waals surface area contributed by atoms with Crippen molar-refractivity contribution < 1.29 is 9.53 Å². The number of carbonyl (C=O) groups is 1. The van der Waals surface area contributed by atoms with Crippen LogP contribution in [0.2, 0.25) is 0 Å². The first-order valence-corrected chi connectivity index (χ1v) is 8.49. The summed E-state index contributed by atoms with van der Waals surface area (Å²) in [7, 11) is 1.73. The summed E-state index contributed by atoms with van der Waals surface area (Å²) in [6.45, 7) is 2.84. The fraction of sp³-hybridized carbons (Fsp3) is 0.333. The van der Waals surface area contributed by atoms with Gasteiger partial charge in [-0.3, -0.25) is 18.8 Å². The first-order valence-electron chi connectivity index (χ1n) is 8.49. The zero-order valence-electron chi connectivity index (χ0n) is 14.8. The highest BCUT2D eigenvalue weighted by Crippen LogP contribution is 2.24. The van der Waals surface area contributed by atoms with Crippen LogP contribution < -0.4 is 15.6 Å². The number of nitrogens with zero attached hydrogens (tertiary/aromatic N) is 4. The molecule has 0 fully saturated rings. The number of rotatable bonds is 7. The summed E-state index contributed by atoms with van der Waals surface area (Å²) in [5.74, 6) is 0.439. The summed E-state index contributed by atoms with van der Waals surface area (Å²) in [6, 6.07) is 7.29. The molecule has 136 valence electrons. The van der Waals surface area contributed by atoms with Crippen LogP contribution in [0.25, 0.3) is 11.0 Å². The van der Waals surface area contributed by atoms with Crippen LogP contribution >= 0.6 is 0 Å². The van der Waals surface area contributed by atoms with Crippen LogP contribution in [0.3, 0.4) is 0 Å². The molecular weight excluding hydrogens is 334 g/mol. The predicted molar refractivity (Wildman–Crippen MR) is 98.2 cm³/mol. The van der Waals surface area contributed by atoms with Gasteiger partial charge in [0.1, 0.15) is 11.1 Å². The van der Waals surface area contributed by atoms with Gasteiger partial charge in [0.15, 0.2) is 5.65 Å². The van der Waals surface area contributed by atoms with E-state index >= 15 is 0 Å². The van der Waals surface area contributed by atoms with Crippen molar-refractivity contribution in [3.63, 3.8) is 0 Å². The predicted octanol–water partition coefficient (Wildman–Crippen LogP) is 1.95. The molecule has 3 aromatic rings. The monoisotopic (exact) mass is 355 g/mol. The highest BCUT2D eigenvalue weighted by molar-refractivity contribution is 5.92. The topological polar surface area (TPSA) is 91.0 Å². The number of aryl methyl sites for hydroxylation is 2. The lowest BCUT2D eigenvalue weighted by atomic mass is 10.2. The Morgan fingerprint density at radius 2 is 2.12 bits per heavy atom. The van der Waals surface area contributed by atoms with Gasteiger partial charge in [0.25, 0.3) is 5.56 Å². The average Bonchev–Trinajstić information content (AvgIpc) is 3.02. The Balaban J connectivity index is 1.66. The van der Waals surface area contributed by atoms with Gasteiger partial charge in [-0.05, 0) is 18.6 Å². The van der Waals surface area contributed by atoms with Crippen molar-refractivity contribution in [2.75, 3.05) is 11.9 Å². The van der Waals surface area contributed by atoms with Crippen LogP contribution in [-0.4, -0.2) is 31.8 Å². The van der Waals surface area contributed by atoms with E-state index in [1.165, 1.54) is 17.1 Å². The molecular formula is C18H21N5O3. The Morgan fingerprint density at radius 3 is 2.92 bits per heavy atom. The normalized spacial score (nSPS) is 10.8. The van der Waals surface area contributed by atoms with Gasteiger partial charge in [-0.2, -0.15) is 5.10 Å². The van der Waals surface area contributed by atoms with E-state index in [-0.39, 0.29) is 24.4 Å². The molecule has 0 unspecified atom stereocenters. The highest BCUT2D eigenvalue weighted by Gasteiger charge is 2.11. The third-order valence-electron chi connectivity index (χ3n) is 3.92. The van der Waals surface area contributed by atoms with E-state index < -0.39 is 0 Å². The van der Waals surface area contributed by atoms with Crippen LogP contribution in [0.4, 0.5) is 5.69 Å². The fourth-order valence-electron chi connectivity index (χ4n) is 2.57. The second-order valence-corrected chi connectivity index (χ2v) is 5.89. The molecule has 0 aliphatic heterocycles. The molecule has 0 radical (unpaired) electrons. The Labute approximate surface area is 150 Å². The van der Waals surface area contributed by atoms with Crippen LogP contribution in [-0.2, 0) is 18.4 Å². The van der Waals surface area contributed by atoms with Gasteiger partial charge in [0.2, 0.25) is 5.91 Å². The standard InChI is InChI=1S/C18H21N5O3/c1-3-10-26-15-7-5-4-6-14(15)21-16(24)8-9-23-12-19-17-13(18(23)25)11-20-22(17)2/h4-7,11-12H,3,8-10H2,1-2H3,(H,21,24). The summed E-state index contributed by atoms with van der Waals surface area (Å²) in [5.41, 5.74) is 0.944. The van der Waals surface area contributed by atoms with Gasteiger partial charge in [-0.1, -0.05) is 19.1 Å². The van der Waals surface area contributed by atoms with Crippen LogP contribution in [0, 0.1) is 0 Å². The first kappa shape index (κ1) is 17.7. The van der Waals surface area contributed by atoms with Gasteiger partial charge < -0.3 is 10.1 Å². The maximum atomic E-state index is 12.4. The van der Waals surface area contributed by atoms with Gasteiger partial charge in [-0.25, -0.2) is 4.98 Å². The number of nitrogens with one attached hydrogen (secondary N) is 1. The number of hydrogen-bond donors (Lipinski definition) is 1. The largest absolute Gasteiger partial charge is 0.491 e. The number of para-hydroxylation sites is 2. The second kappa shape index (κ2) is 7.81. The third-order valence-corrected chi connectivity index (χ3v) is 3.92. The Hall–Kier alpha value is -3.16. The quantitative estimate of drug-likeness (QED) is 0.699. The molecule has 8 nitrogen and oxygen atoms in total. The second-order valence-electron chi connectivity index (χ2n) is 5.89. The van der Waals surface area contributed by atoms with Crippen LogP contribution in [0.5, 0.6) is 5.75 Å². The lowest BCUT2D eigenvalue weighted by Crippen LogP contribution is -2.23. The van der Waals surface area contributed by atoms with Gasteiger partial charge in [0.05, 0.1) is 24.8 Å². The van der Waals surface area contributed by atoms with Crippen molar-refractivity contribution in [2.45, 2.75) is 26.3 Å². The number of ether oxygens (including phenoxy) is 1. The molecule has 0 spiro atoms. The lowest BCUT2D eigenvalue weighted by Gasteiger charge is -2.12. The minimum Gasteiger partial charge on any atom is -0.491 e. The van der Waals surface area contributed by atoms with Gasteiger partial charge in [0, 0.05) is 20.0 Å². The molecule has 0 saturated carbocycles. The van der Waals surface area contributed by atoms with E-state index in [0.29, 0.717) is 29.1 Å². The minimum absolute atomic E-state index is 0.148. The lowest BCUT2D eigenvalue weighted by molar-refractivity contribution is -0.116. The molecule has 0 aliphatic rings. The molecule has 0 atom stereocenters. The fourth-order valence-corrected chi connectivity index (χ4v) is 2.57. The van der Waals surface area contributed by atoms with Crippen LogP contribution in [0.1, 0.15) is 19.8 Å². The van der Waals surface area contributed by atoms with E-state index in [9.17, 15) is 9.59 Å². The van der Waals surface area contributed by atoms with Crippen molar-refractivity contribution in [1.29, 1.82) is 0 Å². The molecule has 1 N–H and O–H groups in total. The van der Waals surface area contributed by atoms with Crippen molar-refractivity contribution >= 4 is 22.6 Å². The summed E-state index contributed by atoms with van der Waals surface area (Å²) in [4.78, 5) is 28.9. The van der Waals surface area contributed by atoms with Gasteiger partial charge >= 0.3 is 0 Å². The zero-order chi connectivity index (χ0) is 18.5. The molecule has 1 amide bonds. The van der Waals surface area contributed by atoms with E-state index in [1.54, 1.807) is 17.8 Å². The smallest absolute Gasteiger partial charge is 0.264 e. The minimum atomic E-state index is -0.206. The molecule has 26 heavy (non-hydrogen) atoms. The average molecular weight is 355 g/mol. The number of hydrogen-bond acceptors (Lipinski definition) is 5. The van der Waals surface area contributed by atoms with Crippen molar-refractivity contribution in [1.82, 2.24) is 19.3 Å². The number of amides is 1. The number of anilines is 1. The van der Waals surface area contributed by atoms with E-state index in [1.807, 2.05) is 25.1 Å². The van der Waals surface area contributed by atoms with E-state index in [4.69, 9.17) is 4.74 Å². The number of aromatic nitrogens is 4. The molecule has 8 heteroatoms. The summed E-state index contributed by atoms with van der Waals surface area (Å²) >= 11 is 0. The Morgan fingerprint density at radius 1 is 1.31 bits per heavy atom. The van der Waals surface area contributed by atoms with E-state index in [0.717, 1.165) is 6.42 Å². The maximum Gasteiger partial charge on any atom is 0.264 e. The maximum absolute atomic E-state index is 12.4. The molecule has 2 heterocycles. The molecule has 3 rings (SSSR count). The third kappa shape index (κ3) is 3.74. The van der Waals surface area contributed by atoms with E-state index in [2.05, 4.69) is 15.4 Å². The molecule has 0 aliphatic carbocycles. The summed E-state index contributed by atoms with van der Waals surface area (Å²) in [5, 5.41) is 7.30. The Kier molecular flexibility index (Phi) is 5.31. The van der Waals surface area contributed by atoms with Crippen molar-refractivity contribution in [3.8, 4) is 5.75 Å². The number of fused-ring (bicyclic) bond motifs is 1. The SMILES string of the molecule is CCCOc1ccccc1NC(=O)CCn1cnc2c(cnn2C)c1=O. The van der Waals surface area contributed by atoms with Crippen molar-refractivity contribution in [2.24, 2.45) is 7.05 Å².